The van der Waals surface area contributed by atoms with Crippen molar-refractivity contribution < 1.29 is 4.79 Å². The van der Waals surface area contributed by atoms with Gasteiger partial charge in [0.2, 0.25) is 0 Å². The van der Waals surface area contributed by atoms with Gasteiger partial charge in [-0.05, 0) is 86.5 Å². The van der Waals surface area contributed by atoms with Crippen LogP contribution in [-0.4, -0.2) is 5.78 Å². The zero-order valence-corrected chi connectivity index (χ0v) is 14.5. The summed E-state index contributed by atoms with van der Waals surface area (Å²) in [6, 6.07) is 0. The number of ketones is 1. The number of carbonyl (C=O) groups excluding carboxylic acids is 1. The standard InChI is InChI=1S/C21H30O/c1-4-14-6-8-18-17-7-5-15-13-16(22)9-11-21(15,3)19(17)10-12-20(14,18)2/h4,13,17-19H,5-12H2,1-3H3. The van der Waals surface area contributed by atoms with Gasteiger partial charge in [-0.15, -0.1) is 0 Å². The molecule has 4 aliphatic rings. The monoisotopic (exact) mass is 298 g/mol. The lowest BCUT2D eigenvalue weighted by Crippen LogP contribution is -2.49. The predicted molar refractivity (Wildman–Crippen MR) is 90.5 cm³/mol. The molecular weight excluding hydrogens is 268 g/mol. The number of carbonyl (C=O) groups is 1. The van der Waals surface area contributed by atoms with Gasteiger partial charge in [-0.2, -0.15) is 0 Å². The van der Waals surface area contributed by atoms with E-state index in [-0.39, 0.29) is 0 Å². The van der Waals surface area contributed by atoms with Gasteiger partial charge in [0.05, 0.1) is 0 Å². The van der Waals surface area contributed by atoms with Crippen LogP contribution in [0.5, 0.6) is 0 Å². The normalized spacial score (nSPS) is 49.4. The molecule has 0 aliphatic heterocycles. The van der Waals surface area contributed by atoms with Crippen molar-refractivity contribution in [2.24, 2.45) is 28.6 Å². The van der Waals surface area contributed by atoms with Crippen LogP contribution in [0.3, 0.4) is 0 Å². The molecule has 0 radical (unpaired) electrons. The van der Waals surface area contributed by atoms with E-state index in [1.807, 2.05) is 6.08 Å². The van der Waals surface area contributed by atoms with Crippen LogP contribution in [0.25, 0.3) is 0 Å². The Balaban J connectivity index is 1.70. The van der Waals surface area contributed by atoms with Gasteiger partial charge in [0, 0.05) is 6.42 Å². The Bertz CT molecular complexity index is 568. The lowest BCUT2D eigenvalue weighted by molar-refractivity contribution is -0.117. The van der Waals surface area contributed by atoms with E-state index in [0.717, 1.165) is 30.6 Å². The summed E-state index contributed by atoms with van der Waals surface area (Å²) in [6.07, 6.45) is 14.3. The van der Waals surface area contributed by atoms with E-state index >= 15 is 0 Å². The lowest BCUT2D eigenvalue weighted by Gasteiger charge is -2.57. The van der Waals surface area contributed by atoms with Gasteiger partial charge < -0.3 is 0 Å². The molecule has 22 heavy (non-hydrogen) atoms. The van der Waals surface area contributed by atoms with E-state index in [1.54, 1.807) is 5.57 Å². The minimum atomic E-state index is 0.330. The quantitative estimate of drug-likeness (QED) is 0.542. The summed E-state index contributed by atoms with van der Waals surface area (Å²) in [4.78, 5) is 11.9. The SMILES string of the molecule is CC=C1CCC2C3CCC4=CC(=O)CCC4(C)C3CCC12C. The van der Waals surface area contributed by atoms with Crippen LogP contribution < -0.4 is 0 Å². The summed E-state index contributed by atoms with van der Waals surface area (Å²) in [5.41, 5.74) is 4.05. The van der Waals surface area contributed by atoms with E-state index in [2.05, 4.69) is 26.8 Å². The summed E-state index contributed by atoms with van der Waals surface area (Å²) in [7, 11) is 0. The summed E-state index contributed by atoms with van der Waals surface area (Å²) < 4.78 is 0. The molecule has 0 amide bonds. The molecule has 5 atom stereocenters. The van der Waals surface area contributed by atoms with Gasteiger partial charge in [-0.3, -0.25) is 4.79 Å². The average Bonchev–Trinajstić information content (AvgIpc) is 2.84. The Morgan fingerprint density at radius 1 is 1.00 bits per heavy atom. The first-order chi connectivity index (χ1) is 10.5. The third-order valence-electron chi connectivity index (χ3n) is 8.16. The van der Waals surface area contributed by atoms with Crippen molar-refractivity contribution in [3.63, 3.8) is 0 Å². The van der Waals surface area contributed by atoms with Crippen molar-refractivity contribution in [2.45, 2.75) is 72.1 Å². The first-order valence-corrected chi connectivity index (χ1v) is 9.38. The summed E-state index contributed by atoms with van der Waals surface area (Å²) in [5, 5.41) is 0. The highest BCUT2D eigenvalue weighted by molar-refractivity contribution is 5.91. The van der Waals surface area contributed by atoms with Gasteiger partial charge >= 0.3 is 0 Å². The number of rotatable bonds is 0. The molecule has 5 unspecified atom stereocenters. The summed E-state index contributed by atoms with van der Waals surface area (Å²) in [6.45, 7) is 7.27. The van der Waals surface area contributed by atoms with Gasteiger partial charge in [0.15, 0.2) is 5.78 Å². The fourth-order valence-electron chi connectivity index (χ4n) is 6.88. The van der Waals surface area contributed by atoms with Crippen LogP contribution in [0.4, 0.5) is 0 Å². The van der Waals surface area contributed by atoms with E-state index in [0.29, 0.717) is 16.6 Å². The molecule has 0 aromatic rings. The summed E-state index contributed by atoms with van der Waals surface area (Å²) in [5.74, 6) is 3.00. The minimum Gasteiger partial charge on any atom is -0.295 e. The van der Waals surface area contributed by atoms with Crippen molar-refractivity contribution >= 4 is 5.78 Å². The highest BCUT2D eigenvalue weighted by atomic mass is 16.1. The largest absolute Gasteiger partial charge is 0.295 e. The molecule has 0 aromatic carbocycles. The second-order valence-electron chi connectivity index (χ2n) is 8.78. The first-order valence-electron chi connectivity index (χ1n) is 9.38. The highest BCUT2D eigenvalue weighted by Gasteiger charge is 2.57. The second-order valence-corrected chi connectivity index (χ2v) is 8.78. The third kappa shape index (κ3) is 1.80. The fourth-order valence-corrected chi connectivity index (χ4v) is 6.88. The smallest absolute Gasteiger partial charge is 0.155 e. The number of allylic oxidation sites excluding steroid dienone is 3. The Morgan fingerprint density at radius 2 is 1.77 bits per heavy atom. The van der Waals surface area contributed by atoms with Gasteiger partial charge in [-0.25, -0.2) is 0 Å². The Morgan fingerprint density at radius 3 is 2.55 bits per heavy atom. The minimum absolute atomic E-state index is 0.330. The van der Waals surface area contributed by atoms with Crippen LogP contribution in [0.1, 0.15) is 72.1 Å². The molecule has 0 heterocycles. The molecule has 3 saturated carbocycles. The van der Waals surface area contributed by atoms with Crippen LogP contribution >= 0.6 is 0 Å². The second kappa shape index (κ2) is 4.82. The van der Waals surface area contributed by atoms with E-state index in [9.17, 15) is 4.79 Å². The molecule has 0 bridgehead atoms. The topological polar surface area (TPSA) is 17.1 Å². The molecule has 0 saturated heterocycles. The maximum atomic E-state index is 11.9. The van der Waals surface area contributed by atoms with Crippen molar-refractivity contribution in [3.05, 3.63) is 23.3 Å². The first kappa shape index (κ1) is 14.7. The van der Waals surface area contributed by atoms with Gasteiger partial charge in [-0.1, -0.05) is 31.1 Å². The molecule has 1 nitrogen and oxygen atoms in total. The molecule has 120 valence electrons. The van der Waals surface area contributed by atoms with Crippen LogP contribution in [0.15, 0.2) is 23.3 Å². The van der Waals surface area contributed by atoms with Crippen LogP contribution in [0, 0.1) is 28.6 Å². The zero-order valence-electron chi connectivity index (χ0n) is 14.5. The fraction of sp³-hybridized carbons (Fsp3) is 0.762. The third-order valence-corrected chi connectivity index (χ3v) is 8.16. The average molecular weight is 298 g/mol. The van der Waals surface area contributed by atoms with Crippen LogP contribution in [0.2, 0.25) is 0 Å². The molecule has 1 heteroatoms. The lowest BCUT2D eigenvalue weighted by atomic mass is 9.47. The highest BCUT2D eigenvalue weighted by Crippen LogP contribution is 2.66. The van der Waals surface area contributed by atoms with Gasteiger partial charge in [0.1, 0.15) is 0 Å². The predicted octanol–water partition coefficient (Wildman–Crippen LogP) is 5.46. The molecule has 0 aromatic heterocycles. The Kier molecular flexibility index (Phi) is 3.23. The van der Waals surface area contributed by atoms with Crippen molar-refractivity contribution in [1.29, 1.82) is 0 Å². The Hall–Kier alpha value is -0.850. The van der Waals surface area contributed by atoms with Crippen LogP contribution in [-0.2, 0) is 4.79 Å². The number of fused-ring (bicyclic) bond motifs is 5. The molecular formula is C21H30O. The molecule has 4 aliphatic carbocycles. The van der Waals surface area contributed by atoms with Gasteiger partial charge in [0.25, 0.3) is 0 Å². The van der Waals surface area contributed by atoms with E-state index < -0.39 is 0 Å². The maximum absolute atomic E-state index is 11.9. The van der Waals surface area contributed by atoms with E-state index in [1.165, 1.54) is 44.1 Å². The Labute approximate surface area is 135 Å². The molecule has 0 spiro atoms. The summed E-state index contributed by atoms with van der Waals surface area (Å²) >= 11 is 0. The van der Waals surface area contributed by atoms with E-state index in [4.69, 9.17) is 0 Å². The zero-order chi connectivity index (χ0) is 15.5. The van der Waals surface area contributed by atoms with Crippen molar-refractivity contribution in [1.82, 2.24) is 0 Å². The van der Waals surface area contributed by atoms with Crippen molar-refractivity contribution in [3.8, 4) is 0 Å². The molecule has 0 N–H and O–H groups in total. The van der Waals surface area contributed by atoms with Crippen molar-refractivity contribution in [2.75, 3.05) is 0 Å². The maximum Gasteiger partial charge on any atom is 0.155 e. The number of hydrogen-bond acceptors (Lipinski definition) is 1. The molecule has 4 rings (SSSR count). The molecule has 3 fully saturated rings. The number of hydrogen-bond donors (Lipinski definition) is 0.